The predicted octanol–water partition coefficient (Wildman–Crippen LogP) is -1.70. The maximum Gasteiger partial charge on any atom is 0.0318 e. The van der Waals surface area contributed by atoms with Crippen LogP contribution < -0.4 is 24.8 Å². The lowest BCUT2D eigenvalue weighted by molar-refractivity contribution is -0.00100. The molecule has 1 aromatic carbocycles. The summed E-state index contributed by atoms with van der Waals surface area (Å²) < 4.78 is 23.1. The minimum Gasteiger partial charge on any atom is -1.00 e. The van der Waals surface area contributed by atoms with E-state index in [0.29, 0.717) is 10.8 Å². The van der Waals surface area contributed by atoms with Crippen LogP contribution in [0, 0.1) is 0 Å². The number of rotatable bonds is 4. The molecule has 1 atom stereocenters. The van der Waals surface area contributed by atoms with Gasteiger partial charge < -0.3 is 29.4 Å². The fourth-order valence-electron chi connectivity index (χ4n) is 2.08. The van der Waals surface area contributed by atoms with E-state index in [0.717, 1.165) is 11.1 Å². The Morgan fingerprint density at radius 2 is 1.20 bits per heavy atom. The molecular formula is C15H23Cl2O2S-3. The fraction of sp³-hybridized carbons (Fsp3) is 0.600. The summed E-state index contributed by atoms with van der Waals surface area (Å²) in [6, 6.07) is 4.10. The average Bonchev–Trinajstić information content (AvgIpc) is 2.26. The standard InChI is InChI=1S/C15H24O2S.2ClH/c1-9(2)12-7-13(10(3)4)15(18(16)17)14(8-12)11(5)6;;/h7-11H,1-6H3,(H,16,17);2*1H/p-3. The Hall–Kier alpha value is -0.0900. The molecule has 1 rings (SSSR count). The van der Waals surface area contributed by atoms with Gasteiger partial charge in [0.2, 0.25) is 0 Å². The molecule has 0 aromatic heterocycles. The fourth-order valence-corrected chi connectivity index (χ4v) is 3.06. The Morgan fingerprint density at radius 3 is 1.40 bits per heavy atom. The second kappa shape index (κ2) is 9.04. The molecule has 0 amide bonds. The lowest BCUT2D eigenvalue weighted by Crippen LogP contribution is -3.00. The van der Waals surface area contributed by atoms with Crippen LogP contribution >= 0.6 is 0 Å². The van der Waals surface area contributed by atoms with Crippen molar-refractivity contribution in [2.75, 3.05) is 0 Å². The second-order valence-electron chi connectivity index (χ2n) is 5.73. The van der Waals surface area contributed by atoms with Crippen molar-refractivity contribution < 1.29 is 33.6 Å². The lowest BCUT2D eigenvalue weighted by atomic mass is 9.89. The zero-order valence-electron chi connectivity index (χ0n) is 12.9. The van der Waals surface area contributed by atoms with Crippen LogP contribution in [0.4, 0.5) is 0 Å². The first-order valence-electron chi connectivity index (χ1n) is 6.52. The van der Waals surface area contributed by atoms with Crippen molar-refractivity contribution in [1.82, 2.24) is 0 Å². The van der Waals surface area contributed by atoms with Crippen LogP contribution in [-0.4, -0.2) is 8.76 Å². The second-order valence-corrected chi connectivity index (χ2v) is 6.60. The molecule has 0 radical (unpaired) electrons. The van der Waals surface area contributed by atoms with Gasteiger partial charge in [-0.25, -0.2) is 0 Å². The first kappa shape index (κ1) is 22.2. The SMILES string of the molecule is CC(C)c1cc(C(C)C)c(S(=O)[O-])c(C(C)C)c1.[Cl-].[Cl-]. The molecular weight excluding hydrogens is 315 g/mol. The van der Waals surface area contributed by atoms with Crippen molar-refractivity contribution >= 4 is 11.1 Å². The summed E-state index contributed by atoms with van der Waals surface area (Å²) in [5.74, 6) is 0.845. The normalized spacial score (nSPS) is 12.3. The smallest absolute Gasteiger partial charge is 0.0318 e. The number of halogens is 2. The van der Waals surface area contributed by atoms with Gasteiger partial charge in [0.15, 0.2) is 0 Å². The summed E-state index contributed by atoms with van der Waals surface area (Å²) >= 11 is -2.16. The minimum absolute atomic E-state index is 0. The monoisotopic (exact) mass is 337 g/mol. The number of benzene rings is 1. The van der Waals surface area contributed by atoms with Crippen molar-refractivity contribution in [3.05, 3.63) is 28.8 Å². The molecule has 2 nitrogen and oxygen atoms in total. The van der Waals surface area contributed by atoms with Crippen molar-refractivity contribution in [3.8, 4) is 0 Å². The van der Waals surface area contributed by atoms with E-state index in [1.54, 1.807) is 0 Å². The van der Waals surface area contributed by atoms with Crippen LogP contribution in [0.3, 0.4) is 0 Å². The summed E-state index contributed by atoms with van der Waals surface area (Å²) in [6.07, 6.45) is 0. The van der Waals surface area contributed by atoms with Crippen LogP contribution in [0.1, 0.15) is 76.0 Å². The Bertz CT molecular complexity index is 428. The van der Waals surface area contributed by atoms with E-state index >= 15 is 0 Å². The van der Waals surface area contributed by atoms with Crippen molar-refractivity contribution in [3.63, 3.8) is 0 Å². The van der Waals surface area contributed by atoms with Gasteiger partial charge >= 0.3 is 0 Å². The molecule has 20 heavy (non-hydrogen) atoms. The largest absolute Gasteiger partial charge is 1.00 e. The van der Waals surface area contributed by atoms with Gasteiger partial charge in [0, 0.05) is 4.90 Å². The molecule has 0 bridgehead atoms. The molecule has 1 unspecified atom stereocenters. The highest BCUT2D eigenvalue weighted by Crippen LogP contribution is 2.33. The molecule has 0 N–H and O–H groups in total. The van der Waals surface area contributed by atoms with E-state index in [1.165, 1.54) is 5.56 Å². The predicted molar refractivity (Wildman–Crippen MR) is 75.9 cm³/mol. The van der Waals surface area contributed by atoms with Crippen LogP contribution in [-0.2, 0) is 11.1 Å². The molecule has 118 valence electrons. The summed E-state index contributed by atoms with van der Waals surface area (Å²) in [5, 5.41) is 0. The zero-order chi connectivity index (χ0) is 14.0. The Kier molecular flexibility index (Phi) is 10.0. The summed E-state index contributed by atoms with van der Waals surface area (Å²) in [7, 11) is 0. The molecule has 0 saturated carbocycles. The topological polar surface area (TPSA) is 40.1 Å². The number of hydrogen-bond donors (Lipinski definition) is 0. The first-order valence-corrected chi connectivity index (χ1v) is 7.60. The summed E-state index contributed by atoms with van der Waals surface area (Å²) in [5.41, 5.74) is 3.10. The van der Waals surface area contributed by atoms with E-state index in [1.807, 2.05) is 39.8 Å². The van der Waals surface area contributed by atoms with E-state index < -0.39 is 11.1 Å². The molecule has 0 fully saturated rings. The first-order chi connectivity index (χ1) is 8.25. The molecule has 0 spiro atoms. The Balaban J connectivity index is 0. The van der Waals surface area contributed by atoms with Crippen molar-refractivity contribution in [1.29, 1.82) is 0 Å². The van der Waals surface area contributed by atoms with Crippen molar-refractivity contribution in [2.45, 2.75) is 64.2 Å². The molecule has 1 aromatic rings. The van der Waals surface area contributed by atoms with Gasteiger partial charge in [0.25, 0.3) is 0 Å². The van der Waals surface area contributed by atoms with E-state index in [2.05, 4.69) is 13.8 Å². The zero-order valence-corrected chi connectivity index (χ0v) is 15.2. The van der Waals surface area contributed by atoms with Crippen LogP contribution in [0.2, 0.25) is 0 Å². The van der Waals surface area contributed by atoms with Gasteiger partial charge in [-0.3, -0.25) is 4.21 Å². The molecule has 0 saturated heterocycles. The lowest BCUT2D eigenvalue weighted by Gasteiger charge is -2.23. The molecule has 0 aliphatic carbocycles. The van der Waals surface area contributed by atoms with Crippen molar-refractivity contribution in [2.24, 2.45) is 0 Å². The average molecular weight is 338 g/mol. The maximum atomic E-state index is 11.5. The van der Waals surface area contributed by atoms with E-state index in [-0.39, 0.29) is 36.6 Å². The van der Waals surface area contributed by atoms with Gasteiger partial charge in [0.05, 0.1) is 0 Å². The number of hydrogen-bond acceptors (Lipinski definition) is 2. The van der Waals surface area contributed by atoms with Gasteiger partial charge in [-0.1, -0.05) is 53.7 Å². The summed E-state index contributed by atoms with van der Waals surface area (Å²) in [6.45, 7) is 12.4. The Morgan fingerprint density at radius 1 is 0.850 bits per heavy atom. The highest BCUT2D eigenvalue weighted by Gasteiger charge is 2.17. The Labute approximate surface area is 137 Å². The third kappa shape index (κ3) is 5.03. The maximum absolute atomic E-state index is 11.5. The van der Waals surface area contributed by atoms with Gasteiger partial charge in [0.1, 0.15) is 0 Å². The highest BCUT2D eigenvalue weighted by atomic mass is 35.5. The molecule has 0 aliphatic heterocycles. The molecule has 0 heterocycles. The molecule has 0 aliphatic rings. The van der Waals surface area contributed by atoms with Crippen LogP contribution in [0.5, 0.6) is 0 Å². The van der Waals surface area contributed by atoms with Gasteiger partial charge in [-0.05, 0) is 45.5 Å². The third-order valence-corrected chi connectivity index (χ3v) is 4.05. The summed E-state index contributed by atoms with van der Waals surface area (Å²) in [4.78, 5) is 0.504. The van der Waals surface area contributed by atoms with Gasteiger partial charge in [-0.2, -0.15) is 0 Å². The minimum atomic E-state index is -2.16. The van der Waals surface area contributed by atoms with Crippen LogP contribution in [0.15, 0.2) is 17.0 Å². The van der Waals surface area contributed by atoms with E-state index in [9.17, 15) is 8.76 Å². The molecule has 5 heteroatoms. The van der Waals surface area contributed by atoms with Gasteiger partial charge in [-0.15, -0.1) is 0 Å². The van der Waals surface area contributed by atoms with Crippen LogP contribution in [0.25, 0.3) is 0 Å². The third-order valence-electron chi connectivity index (χ3n) is 3.25. The van der Waals surface area contributed by atoms with E-state index in [4.69, 9.17) is 0 Å². The highest BCUT2D eigenvalue weighted by molar-refractivity contribution is 7.79. The quantitative estimate of drug-likeness (QED) is 0.615.